The van der Waals surface area contributed by atoms with E-state index in [-0.39, 0.29) is 0 Å². The van der Waals surface area contributed by atoms with Gasteiger partial charge in [0.25, 0.3) is 0 Å². The Morgan fingerprint density at radius 2 is 1.50 bits per heavy atom. The number of anilines is 2. The number of rotatable bonds is 4. The minimum absolute atomic E-state index is 0.489. The van der Waals surface area contributed by atoms with Crippen LogP contribution in [0.3, 0.4) is 0 Å². The Bertz CT molecular complexity index is 959. The number of piperidine rings is 1. The van der Waals surface area contributed by atoms with Crippen LogP contribution in [0.4, 0.5) is 11.4 Å². The molecule has 3 aromatic carbocycles. The lowest BCUT2D eigenvalue weighted by Crippen LogP contribution is -2.43. The van der Waals surface area contributed by atoms with Gasteiger partial charge in [0.05, 0.1) is 5.69 Å². The standard InChI is InChI=1S/C27H28N2O/c1-2-9-22(10-3-1)11-8-18-28-19-16-24(17-20-28)29-25-13-5-4-12-23(25)21-30-27-15-7-6-14-26(27)29/h1-15,24H,16-21H2. The summed E-state index contributed by atoms with van der Waals surface area (Å²) in [4.78, 5) is 5.09. The number of nitrogens with zero attached hydrogens (tertiary/aromatic N) is 2. The molecule has 5 rings (SSSR count). The molecule has 3 aromatic rings. The van der Waals surface area contributed by atoms with Crippen molar-refractivity contribution in [1.29, 1.82) is 0 Å². The van der Waals surface area contributed by atoms with Gasteiger partial charge in [-0.2, -0.15) is 0 Å². The molecule has 0 aliphatic carbocycles. The van der Waals surface area contributed by atoms with E-state index in [0.717, 1.165) is 38.2 Å². The van der Waals surface area contributed by atoms with E-state index in [4.69, 9.17) is 4.74 Å². The van der Waals surface area contributed by atoms with Gasteiger partial charge in [0.15, 0.2) is 0 Å². The summed E-state index contributed by atoms with van der Waals surface area (Å²) in [6.45, 7) is 3.88. The zero-order valence-electron chi connectivity index (χ0n) is 17.3. The SMILES string of the molecule is C(=Cc1ccccc1)CN1CCC(N2c3ccccc3COc3ccccc32)CC1. The molecule has 0 saturated carbocycles. The highest BCUT2D eigenvalue weighted by Crippen LogP contribution is 2.42. The molecule has 0 atom stereocenters. The molecule has 0 N–H and O–H groups in total. The molecule has 0 unspecified atom stereocenters. The van der Waals surface area contributed by atoms with E-state index in [2.05, 4.69) is 101 Å². The molecule has 3 nitrogen and oxygen atoms in total. The Morgan fingerprint density at radius 1 is 0.800 bits per heavy atom. The van der Waals surface area contributed by atoms with Gasteiger partial charge in [-0.1, -0.05) is 72.8 Å². The van der Waals surface area contributed by atoms with Crippen LogP contribution in [-0.2, 0) is 6.61 Å². The molecule has 3 heteroatoms. The van der Waals surface area contributed by atoms with Crippen molar-refractivity contribution in [1.82, 2.24) is 4.90 Å². The summed E-state index contributed by atoms with van der Waals surface area (Å²) < 4.78 is 6.15. The molecule has 30 heavy (non-hydrogen) atoms. The predicted octanol–water partition coefficient (Wildman–Crippen LogP) is 5.89. The summed E-state index contributed by atoms with van der Waals surface area (Å²) in [5, 5.41) is 0. The highest BCUT2D eigenvalue weighted by molar-refractivity contribution is 5.73. The van der Waals surface area contributed by atoms with E-state index >= 15 is 0 Å². The van der Waals surface area contributed by atoms with Crippen LogP contribution in [0.5, 0.6) is 5.75 Å². The molecule has 0 radical (unpaired) electrons. The third-order valence-electron chi connectivity index (χ3n) is 6.15. The maximum Gasteiger partial charge on any atom is 0.143 e. The summed E-state index contributed by atoms with van der Waals surface area (Å²) in [6, 6.07) is 28.2. The summed E-state index contributed by atoms with van der Waals surface area (Å²) >= 11 is 0. The minimum atomic E-state index is 0.489. The molecule has 0 bridgehead atoms. The first kappa shape index (κ1) is 19.0. The Balaban J connectivity index is 1.31. The van der Waals surface area contributed by atoms with E-state index in [1.807, 2.05) is 0 Å². The Hall–Kier alpha value is -3.04. The first-order chi connectivity index (χ1) is 14.9. The van der Waals surface area contributed by atoms with Crippen molar-refractivity contribution in [2.24, 2.45) is 0 Å². The number of likely N-dealkylation sites (tertiary alicyclic amines) is 1. The number of hydrogen-bond acceptors (Lipinski definition) is 3. The van der Waals surface area contributed by atoms with Crippen molar-refractivity contribution >= 4 is 17.5 Å². The molecule has 1 saturated heterocycles. The van der Waals surface area contributed by atoms with Crippen molar-refractivity contribution in [2.75, 3.05) is 24.5 Å². The number of hydrogen-bond donors (Lipinski definition) is 0. The zero-order chi connectivity index (χ0) is 20.2. The number of ether oxygens (including phenoxy) is 1. The van der Waals surface area contributed by atoms with Crippen LogP contribution >= 0.6 is 0 Å². The molecule has 2 aliphatic rings. The maximum atomic E-state index is 6.15. The third kappa shape index (κ3) is 3.99. The Morgan fingerprint density at radius 3 is 2.33 bits per heavy atom. The van der Waals surface area contributed by atoms with Gasteiger partial charge in [-0.3, -0.25) is 4.90 Å². The largest absolute Gasteiger partial charge is 0.487 e. The highest BCUT2D eigenvalue weighted by Gasteiger charge is 2.30. The fourth-order valence-electron chi connectivity index (χ4n) is 4.59. The second-order valence-corrected chi connectivity index (χ2v) is 8.10. The van der Waals surface area contributed by atoms with Gasteiger partial charge in [-0.15, -0.1) is 0 Å². The molecule has 0 amide bonds. The lowest BCUT2D eigenvalue weighted by molar-refractivity contribution is 0.233. The third-order valence-corrected chi connectivity index (χ3v) is 6.15. The van der Waals surface area contributed by atoms with Gasteiger partial charge in [0.2, 0.25) is 0 Å². The molecule has 0 aromatic heterocycles. The molecule has 0 spiro atoms. The molecular formula is C27H28N2O. The van der Waals surface area contributed by atoms with Gasteiger partial charge in [0.1, 0.15) is 12.4 Å². The van der Waals surface area contributed by atoms with Crippen molar-refractivity contribution < 1.29 is 4.74 Å². The predicted molar refractivity (Wildman–Crippen MR) is 124 cm³/mol. The summed E-state index contributed by atoms with van der Waals surface area (Å²) in [5.74, 6) is 0.988. The van der Waals surface area contributed by atoms with E-state index in [9.17, 15) is 0 Å². The maximum absolute atomic E-state index is 6.15. The lowest BCUT2D eigenvalue weighted by Gasteiger charge is -2.39. The van der Waals surface area contributed by atoms with Crippen molar-refractivity contribution in [3.05, 3.63) is 96.1 Å². The number of fused-ring (bicyclic) bond motifs is 2. The van der Waals surface area contributed by atoms with E-state index in [1.54, 1.807) is 0 Å². The van der Waals surface area contributed by atoms with Gasteiger partial charge in [-0.05, 0) is 36.6 Å². The molecule has 2 aliphatic heterocycles. The molecule has 2 heterocycles. The van der Waals surface area contributed by atoms with Crippen LogP contribution in [-0.4, -0.2) is 30.6 Å². The monoisotopic (exact) mass is 396 g/mol. The Labute approximate surface area is 179 Å². The van der Waals surface area contributed by atoms with Gasteiger partial charge >= 0.3 is 0 Å². The van der Waals surface area contributed by atoms with Gasteiger partial charge in [0, 0.05) is 36.9 Å². The normalized spacial score (nSPS) is 17.3. The van der Waals surface area contributed by atoms with Crippen molar-refractivity contribution in [2.45, 2.75) is 25.5 Å². The quantitative estimate of drug-likeness (QED) is 0.546. The topological polar surface area (TPSA) is 15.7 Å². The fraction of sp³-hybridized carbons (Fsp3) is 0.259. The highest BCUT2D eigenvalue weighted by atomic mass is 16.5. The van der Waals surface area contributed by atoms with Crippen LogP contribution < -0.4 is 9.64 Å². The summed E-state index contributed by atoms with van der Waals surface area (Å²) in [7, 11) is 0. The lowest BCUT2D eigenvalue weighted by atomic mass is 10.00. The number of benzene rings is 3. The van der Waals surface area contributed by atoms with E-state index in [0.29, 0.717) is 12.6 Å². The summed E-state index contributed by atoms with van der Waals surface area (Å²) in [5.41, 5.74) is 5.03. The van der Waals surface area contributed by atoms with E-state index < -0.39 is 0 Å². The van der Waals surface area contributed by atoms with E-state index in [1.165, 1.54) is 22.5 Å². The average Bonchev–Trinajstić information content (AvgIpc) is 2.97. The fourth-order valence-corrected chi connectivity index (χ4v) is 4.59. The molecule has 1 fully saturated rings. The smallest absolute Gasteiger partial charge is 0.143 e. The van der Waals surface area contributed by atoms with Crippen LogP contribution in [0, 0.1) is 0 Å². The zero-order valence-corrected chi connectivity index (χ0v) is 17.3. The summed E-state index contributed by atoms with van der Waals surface area (Å²) in [6.07, 6.45) is 6.83. The number of para-hydroxylation sites is 3. The Kier molecular flexibility index (Phi) is 5.54. The second kappa shape index (κ2) is 8.76. The van der Waals surface area contributed by atoms with Crippen molar-refractivity contribution in [3.8, 4) is 5.75 Å². The van der Waals surface area contributed by atoms with Crippen LogP contribution in [0.15, 0.2) is 84.9 Å². The van der Waals surface area contributed by atoms with Crippen LogP contribution in [0.25, 0.3) is 6.08 Å². The average molecular weight is 397 g/mol. The first-order valence-electron chi connectivity index (χ1n) is 10.9. The molecular weight excluding hydrogens is 368 g/mol. The van der Waals surface area contributed by atoms with Gasteiger partial charge < -0.3 is 9.64 Å². The van der Waals surface area contributed by atoms with Crippen LogP contribution in [0.2, 0.25) is 0 Å². The first-order valence-corrected chi connectivity index (χ1v) is 10.9. The molecule has 152 valence electrons. The minimum Gasteiger partial charge on any atom is -0.487 e. The second-order valence-electron chi connectivity index (χ2n) is 8.10. The van der Waals surface area contributed by atoms with Crippen LogP contribution in [0.1, 0.15) is 24.0 Å². The van der Waals surface area contributed by atoms with Gasteiger partial charge in [-0.25, -0.2) is 0 Å². The van der Waals surface area contributed by atoms with Crippen molar-refractivity contribution in [3.63, 3.8) is 0 Å².